The predicted octanol–water partition coefficient (Wildman–Crippen LogP) is 2.00. The summed E-state index contributed by atoms with van der Waals surface area (Å²) in [6, 6.07) is 11.7. The molecule has 3 rings (SSSR count). The molecule has 4 nitrogen and oxygen atoms in total. The van der Waals surface area contributed by atoms with Gasteiger partial charge in [-0.05, 0) is 36.6 Å². The van der Waals surface area contributed by atoms with E-state index in [1.54, 1.807) is 6.20 Å². The number of para-hydroxylation sites is 1. The van der Waals surface area contributed by atoms with Crippen molar-refractivity contribution in [3.63, 3.8) is 0 Å². The lowest BCUT2D eigenvalue weighted by Gasteiger charge is -2.40. The first-order chi connectivity index (χ1) is 10.1. The maximum Gasteiger partial charge on any atom is 0.122 e. The molecular weight excluding hydrogens is 264 g/mol. The largest absolute Gasteiger partial charge is 0.493 e. The highest BCUT2D eigenvalue weighted by Gasteiger charge is 2.42. The van der Waals surface area contributed by atoms with Crippen LogP contribution in [-0.2, 0) is 6.42 Å². The van der Waals surface area contributed by atoms with E-state index < -0.39 is 11.5 Å². The first kappa shape index (κ1) is 14.0. The smallest absolute Gasteiger partial charge is 0.122 e. The van der Waals surface area contributed by atoms with E-state index in [1.807, 2.05) is 43.3 Å². The summed E-state index contributed by atoms with van der Waals surface area (Å²) in [7, 11) is 0. The first-order valence-electron chi connectivity index (χ1n) is 7.16. The van der Waals surface area contributed by atoms with Crippen LogP contribution in [0.2, 0.25) is 0 Å². The Balaban J connectivity index is 1.93. The van der Waals surface area contributed by atoms with Crippen molar-refractivity contribution in [1.29, 1.82) is 0 Å². The minimum absolute atomic E-state index is 0.345. The van der Waals surface area contributed by atoms with Gasteiger partial charge in [-0.2, -0.15) is 0 Å². The fourth-order valence-corrected chi connectivity index (χ4v) is 2.82. The molecule has 1 aliphatic rings. The molecule has 0 saturated heterocycles. The molecule has 1 aromatic heterocycles. The summed E-state index contributed by atoms with van der Waals surface area (Å²) >= 11 is 0. The summed E-state index contributed by atoms with van der Waals surface area (Å²) in [5, 5.41) is 10.8. The van der Waals surface area contributed by atoms with E-state index in [9.17, 15) is 5.11 Å². The molecule has 1 aromatic carbocycles. The molecule has 0 radical (unpaired) electrons. The highest BCUT2D eigenvalue weighted by molar-refractivity contribution is 5.37. The molecule has 0 amide bonds. The van der Waals surface area contributed by atoms with Gasteiger partial charge in [-0.3, -0.25) is 4.98 Å². The lowest BCUT2D eigenvalue weighted by Crippen LogP contribution is -2.46. The van der Waals surface area contributed by atoms with Crippen molar-refractivity contribution in [1.82, 2.24) is 4.98 Å². The topological polar surface area (TPSA) is 68.4 Å². The van der Waals surface area contributed by atoms with Crippen LogP contribution in [0.1, 0.15) is 22.9 Å². The van der Waals surface area contributed by atoms with E-state index >= 15 is 0 Å². The van der Waals surface area contributed by atoms with Crippen molar-refractivity contribution in [2.45, 2.75) is 19.4 Å². The molecule has 2 unspecified atom stereocenters. The van der Waals surface area contributed by atoms with E-state index in [-0.39, 0.29) is 0 Å². The van der Waals surface area contributed by atoms with Crippen LogP contribution in [0.3, 0.4) is 0 Å². The highest BCUT2D eigenvalue weighted by atomic mass is 16.5. The fraction of sp³-hybridized carbons (Fsp3) is 0.353. The third-order valence-corrected chi connectivity index (χ3v) is 4.23. The van der Waals surface area contributed by atoms with Gasteiger partial charge in [0.2, 0.25) is 0 Å². The Kier molecular flexibility index (Phi) is 3.66. The standard InChI is InChI=1S/C17H20N2O2/c1-12-6-7-14(19-9-12)16(20)17(10-18)8-13-4-2-3-5-15(13)21-11-17/h2-7,9,16,20H,8,10-11,18H2,1H3. The fourth-order valence-electron chi connectivity index (χ4n) is 2.82. The molecule has 0 bridgehead atoms. The van der Waals surface area contributed by atoms with Crippen LogP contribution in [0.4, 0.5) is 0 Å². The van der Waals surface area contributed by atoms with Gasteiger partial charge in [0.15, 0.2) is 0 Å². The number of fused-ring (bicyclic) bond motifs is 1. The Bertz CT molecular complexity index is 627. The Morgan fingerprint density at radius 2 is 2.14 bits per heavy atom. The number of nitrogens with two attached hydrogens (primary N) is 1. The molecule has 4 heteroatoms. The van der Waals surface area contributed by atoms with Crippen molar-refractivity contribution < 1.29 is 9.84 Å². The van der Waals surface area contributed by atoms with Crippen LogP contribution in [0.25, 0.3) is 0 Å². The van der Waals surface area contributed by atoms with E-state index in [0.29, 0.717) is 25.3 Å². The number of pyridine rings is 1. The van der Waals surface area contributed by atoms with Gasteiger partial charge in [-0.25, -0.2) is 0 Å². The number of rotatable bonds is 3. The normalized spacial score (nSPS) is 22.2. The molecule has 0 saturated carbocycles. The first-order valence-corrected chi connectivity index (χ1v) is 7.16. The van der Waals surface area contributed by atoms with E-state index in [0.717, 1.165) is 16.9 Å². The van der Waals surface area contributed by atoms with Crippen LogP contribution in [-0.4, -0.2) is 23.2 Å². The molecule has 2 aromatic rings. The summed E-state index contributed by atoms with van der Waals surface area (Å²) in [5.41, 5.74) is 8.26. The van der Waals surface area contributed by atoms with Gasteiger partial charge in [0.1, 0.15) is 11.9 Å². The van der Waals surface area contributed by atoms with Gasteiger partial charge in [0, 0.05) is 12.7 Å². The van der Waals surface area contributed by atoms with Gasteiger partial charge in [0.05, 0.1) is 17.7 Å². The molecule has 110 valence electrons. The molecule has 0 aliphatic carbocycles. The lowest BCUT2D eigenvalue weighted by molar-refractivity contribution is -0.0185. The molecule has 2 heterocycles. The number of nitrogens with zero attached hydrogens (tertiary/aromatic N) is 1. The third-order valence-electron chi connectivity index (χ3n) is 4.23. The SMILES string of the molecule is Cc1ccc(C(O)C2(CN)COc3ccccc3C2)nc1. The Morgan fingerprint density at radius 1 is 1.33 bits per heavy atom. The molecule has 2 atom stereocenters. The molecule has 21 heavy (non-hydrogen) atoms. The van der Waals surface area contributed by atoms with Crippen molar-refractivity contribution in [3.8, 4) is 5.75 Å². The number of aliphatic hydroxyl groups is 1. The number of aryl methyl sites for hydroxylation is 1. The summed E-state index contributed by atoms with van der Waals surface area (Å²) in [5.74, 6) is 0.880. The minimum atomic E-state index is -0.739. The number of aliphatic hydroxyl groups excluding tert-OH is 1. The summed E-state index contributed by atoms with van der Waals surface area (Å²) in [4.78, 5) is 4.34. The van der Waals surface area contributed by atoms with Gasteiger partial charge in [-0.15, -0.1) is 0 Å². The zero-order chi connectivity index (χ0) is 14.9. The zero-order valence-corrected chi connectivity index (χ0v) is 12.1. The van der Waals surface area contributed by atoms with Crippen molar-refractivity contribution in [3.05, 3.63) is 59.4 Å². The summed E-state index contributed by atoms with van der Waals surface area (Å²) in [6.07, 6.45) is 1.72. The molecular formula is C17H20N2O2. The second-order valence-corrected chi connectivity index (χ2v) is 5.80. The molecule has 0 spiro atoms. The third kappa shape index (κ3) is 2.52. The quantitative estimate of drug-likeness (QED) is 0.904. The number of aromatic nitrogens is 1. The number of hydrogen-bond acceptors (Lipinski definition) is 4. The maximum absolute atomic E-state index is 10.8. The summed E-state index contributed by atoms with van der Waals surface area (Å²) < 4.78 is 5.83. The predicted molar refractivity (Wildman–Crippen MR) is 81.1 cm³/mol. The molecule has 1 aliphatic heterocycles. The lowest BCUT2D eigenvalue weighted by atomic mass is 9.74. The molecule has 3 N–H and O–H groups in total. The van der Waals surface area contributed by atoms with Crippen LogP contribution in [0, 0.1) is 12.3 Å². The molecule has 0 fully saturated rings. The van der Waals surface area contributed by atoms with Gasteiger partial charge >= 0.3 is 0 Å². The van der Waals surface area contributed by atoms with Crippen LogP contribution in [0.5, 0.6) is 5.75 Å². The minimum Gasteiger partial charge on any atom is -0.493 e. The van der Waals surface area contributed by atoms with Crippen molar-refractivity contribution in [2.24, 2.45) is 11.1 Å². The second kappa shape index (κ2) is 5.47. The van der Waals surface area contributed by atoms with Crippen molar-refractivity contribution >= 4 is 0 Å². The van der Waals surface area contributed by atoms with Gasteiger partial charge < -0.3 is 15.6 Å². The van der Waals surface area contributed by atoms with Crippen molar-refractivity contribution in [2.75, 3.05) is 13.2 Å². The highest BCUT2D eigenvalue weighted by Crippen LogP contribution is 2.41. The number of ether oxygens (including phenoxy) is 1. The van der Waals surface area contributed by atoms with Gasteiger partial charge in [-0.1, -0.05) is 24.3 Å². The van der Waals surface area contributed by atoms with Crippen LogP contribution >= 0.6 is 0 Å². The Hall–Kier alpha value is -1.91. The number of hydrogen-bond donors (Lipinski definition) is 2. The van der Waals surface area contributed by atoms with Gasteiger partial charge in [0.25, 0.3) is 0 Å². The number of benzene rings is 1. The van der Waals surface area contributed by atoms with E-state index in [2.05, 4.69) is 4.98 Å². The van der Waals surface area contributed by atoms with Crippen LogP contribution < -0.4 is 10.5 Å². The second-order valence-electron chi connectivity index (χ2n) is 5.80. The average Bonchev–Trinajstić information content (AvgIpc) is 2.54. The van der Waals surface area contributed by atoms with E-state index in [1.165, 1.54) is 0 Å². The monoisotopic (exact) mass is 284 g/mol. The van der Waals surface area contributed by atoms with E-state index in [4.69, 9.17) is 10.5 Å². The average molecular weight is 284 g/mol. The van der Waals surface area contributed by atoms with Crippen LogP contribution in [0.15, 0.2) is 42.6 Å². The summed E-state index contributed by atoms with van der Waals surface area (Å²) in [6.45, 7) is 2.72. The Labute approximate surface area is 124 Å². The maximum atomic E-state index is 10.8. The zero-order valence-electron chi connectivity index (χ0n) is 12.1. The Morgan fingerprint density at radius 3 is 2.86 bits per heavy atom.